The van der Waals surface area contributed by atoms with Gasteiger partial charge < -0.3 is 5.32 Å². The number of hydrogen-bond acceptors (Lipinski definition) is 3. The van der Waals surface area contributed by atoms with Crippen LogP contribution in [0.1, 0.15) is 43.9 Å². The Kier molecular flexibility index (Phi) is 4.86. The lowest BCUT2D eigenvalue weighted by molar-refractivity contribution is 0.469. The lowest BCUT2D eigenvalue weighted by Crippen LogP contribution is -2.41. The van der Waals surface area contributed by atoms with Crippen molar-refractivity contribution in [3.63, 3.8) is 0 Å². The second-order valence-electron chi connectivity index (χ2n) is 5.89. The molecule has 0 aromatic heterocycles. The summed E-state index contributed by atoms with van der Waals surface area (Å²) in [6.07, 6.45) is 2.49. The minimum Gasteiger partial charge on any atom is -0.312 e. The number of benzene rings is 1. The van der Waals surface area contributed by atoms with Gasteiger partial charge in [-0.25, -0.2) is 8.42 Å². The van der Waals surface area contributed by atoms with E-state index in [2.05, 4.69) is 17.4 Å². The molecule has 2 rings (SSSR count). The molecule has 0 fully saturated rings. The number of rotatable bonds is 5. The van der Waals surface area contributed by atoms with Gasteiger partial charge in [0, 0.05) is 6.04 Å². The molecule has 20 heavy (non-hydrogen) atoms. The Morgan fingerprint density at radius 2 is 2.05 bits per heavy atom. The predicted octanol–water partition coefficient (Wildman–Crippen LogP) is 2.72. The number of sulfone groups is 1. The van der Waals surface area contributed by atoms with Crippen molar-refractivity contribution in [1.82, 2.24) is 5.32 Å². The van der Waals surface area contributed by atoms with Crippen LogP contribution in [0.15, 0.2) is 24.3 Å². The summed E-state index contributed by atoms with van der Waals surface area (Å²) in [5.41, 5.74) is 2.43. The molecule has 0 heterocycles. The van der Waals surface area contributed by atoms with Crippen LogP contribution >= 0.6 is 0 Å². The maximum atomic E-state index is 12.7. The van der Waals surface area contributed by atoms with Gasteiger partial charge in [0.1, 0.15) is 0 Å². The lowest BCUT2D eigenvalue weighted by Gasteiger charge is -2.33. The zero-order valence-electron chi connectivity index (χ0n) is 12.6. The predicted molar refractivity (Wildman–Crippen MR) is 83.6 cm³/mol. The number of aryl methyl sites for hydroxylation is 1. The molecule has 0 bridgehead atoms. The smallest absolute Gasteiger partial charge is 0.155 e. The summed E-state index contributed by atoms with van der Waals surface area (Å²) >= 11 is 0. The molecule has 0 saturated heterocycles. The van der Waals surface area contributed by atoms with E-state index in [1.807, 2.05) is 33.0 Å². The van der Waals surface area contributed by atoms with E-state index in [0.29, 0.717) is 5.75 Å². The van der Waals surface area contributed by atoms with Gasteiger partial charge in [0.2, 0.25) is 0 Å². The van der Waals surface area contributed by atoms with Crippen molar-refractivity contribution in [2.24, 2.45) is 5.92 Å². The van der Waals surface area contributed by atoms with Gasteiger partial charge in [0.05, 0.1) is 11.0 Å². The maximum Gasteiger partial charge on any atom is 0.155 e. The fourth-order valence-corrected chi connectivity index (χ4v) is 5.55. The molecule has 3 unspecified atom stereocenters. The van der Waals surface area contributed by atoms with E-state index >= 15 is 0 Å². The van der Waals surface area contributed by atoms with Crippen molar-refractivity contribution < 1.29 is 8.42 Å². The van der Waals surface area contributed by atoms with Gasteiger partial charge in [0.25, 0.3) is 0 Å². The third-order valence-corrected chi connectivity index (χ3v) is 6.91. The Hall–Kier alpha value is -0.870. The van der Waals surface area contributed by atoms with E-state index in [1.165, 1.54) is 5.56 Å². The summed E-state index contributed by atoms with van der Waals surface area (Å²) in [6.45, 7) is 4.06. The molecular formula is C16H25NO2S. The first kappa shape index (κ1) is 15.5. The molecule has 3 atom stereocenters. The average Bonchev–Trinajstić information content (AvgIpc) is 2.45. The lowest BCUT2D eigenvalue weighted by atomic mass is 9.87. The van der Waals surface area contributed by atoms with Crippen LogP contribution in [-0.4, -0.2) is 26.5 Å². The van der Waals surface area contributed by atoms with Crippen LogP contribution in [0, 0.1) is 5.92 Å². The van der Waals surface area contributed by atoms with Gasteiger partial charge in [-0.05, 0) is 36.9 Å². The van der Waals surface area contributed by atoms with Crippen molar-refractivity contribution in [3.8, 4) is 0 Å². The Labute approximate surface area is 122 Å². The molecule has 0 aliphatic heterocycles. The van der Waals surface area contributed by atoms with Crippen LogP contribution < -0.4 is 5.32 Å². The van der Waals surface area contributed by atoms with Gasteiger partial charge in [-0.1, -0.05) is 44.5 Å². The number of fused-ring (bicyclic) bond motifs is 1. The fourth-order valence-electron chi connectivity index (χ4n) is 3.10. The average molecular weight is 295 g/mol. The summed E-state index contributed by atoms with van der Waals surface area (Å²) in [6, 6.07) is 8.11. The van der Waals surface area contributed by atoms with E-state index in [0.717, 1.165) is 24.8 Å². The first-order valence-electron chi connectivity index (χ1n) is 7.46. The highest BCUT2D eigenvalue weighted by Crippen LogP contribution is 2.34. The third kappa shape index (κ3) is 3.07. The molecule has 0 amide bonds. The molecular weight excluding hydrogens is 270 g/mol. The highest BCUT2D eigenvalue weighted by Gasteiger charge is 2.37. The van der Waals surface area contributed by atoms with Crippen molar-refractivity contribution in [3.05, 3.63) is 35.4 Å². The Balaban J connectivity index is 2.30. The molecule has 0 saturated carbocycles. The second kappa shape index (κ2) is 6.27. The zero-order chi connectivity index (χ0) is 14.8. The Morgan fingerprint density at radius 1 is 1.35 bits per heavy atom. The van der Waals surface area contributed by atoms with E-state index in [1.54, 1.807) is 0 Å². The molecule has 112 valence electrons. The van der Waals surface area contributed by atoms with E-state index in [9.17, 15) is 8.42 Å². The van der Waals surface area contributed by atoms with Gasteiger partial charge >= 0.3 is 0 Å². The quantitative estimate of drug-likeness (QED) is 0.908. The van der Waals surface area contributed by atoms with E-state index < -0.39 is 9.84 Å². The number of nitrogens with one attached hydrogen (secondary N) is 1. The Morgan fingerprint density at radius 3 is 2.70 bits per heavy atom. The van der Waals surface area contributed by atoms with E-state index in [4.69, 9.17) is 0 Å². The van der Waals surface area contributed by atoms with Crippen LogP contribution in [0.25, 0.3) is 0 Å². The zero-order valence-corrected chi connectivity index (χ0v) is 13.4. The molecule has 1 aliphatic rings. The third-order valence-electron chi connectivity index (χ3n) is 4.45. The first-order valence-corrected chi connectivity index (χ1v) is 9.17. The van der Waals surface area contributed by atoms with E-state index in [-0.39, 0.29) is 17.2 Å². The second-order valence-corrected chi connectivity index (χ2v) is 8.15. The minimum absolute atomic E-state index is 0.0750. The van der Waals surface area contributed by atoms with Crippen LogP contribution in [0.5, 0.6) is 0 Å². The summed E-state index contributed by atoms with van der Waals surface area (Å²) < 4.78 is 25.4. The molecule has 3 nitrogen and oxygen atoms in total. The molecule has 0 spiro atoms. The van der Waals surface area contributed by atoms with Gasteiger partial charge in [-0.3, -0.25) is 0 Å². The molecule has 0 radical (unpaired) electrons. The topological polar surface area (TPSA) is 46.2 Å². The van der Waals surface area contributed by atoms with Gasteiger partial charge in [-0.15, -0.1) is 0 Å². The van der Waals surface area contributed by atoms with Crippen LogP contribution in [-0.2, 0) is 16.3 Å². The van der Waals surface area contributed by atoms with Crippen LogP contribution in [0.3, 0.4) is 0 Å². The highest BCUT2D eigenvalue weighted by atomic mass is 32.2. The van der Waals surface area contributed by atoms with Crippen LogP contribution in [0.2, 0.25) is 0 Å². The largest absolute Gasteiger partial charge is 0.312 e. The molecule has 4 heteroatoms. The molecule has 1 N–H and O–H groups in total. The molecule has 1 aromatic carbocycles. The fraction of sp³-hybridized carbons (Fsp3) is 0.625. The maximum absolute atomic E-state index is 12.7. The SMILES string of the molecule is CCC(C)CS(=O)(=O)C1CCc2ccccc2C1NC. The summed E-state index contributed by atoms with van der Waals surface area (Å²) in [7, 11) is -1.20. The van der Waals surface area contributed by atoms with Crippen LogP contribution in [0.4, 0.5) is 0 Å². The first-order chi connectivity index (χ1) is 9.49. The minimum atomic E-state index is -3.06. The van der Waals surface area contributed by atoms with Crippen molar-refractivity contribution in [2.75, 3.05) is 12.8 Å². The summed E-state index contributed by atoms with van der Waals surface area (Å²) in [4.78, 5) is 0. The van der Waals surface area contributed by atoms with Gasteiger partial charge in [-0.2, -0.15) is 0 Å². The Bertz CT molecular complexity index is 553. The van der Waals surface area contributed by atoms with Gasteiger partial charge in [0.15, 0.2) is 9.84 Å². The molecule has 1 aromatic rings. The standard InChI is InChI=1S/C16H25NO2S/c1-4-12(2)11-20(18,19)15-10-9-13-7-5-6-8-14(13)16(15)17-3/h5-8,12,15-17H,4,9-11H2,1-3H3. The summed E-state index contributed by atoms with van der Waals surface area (Å²) in [5.74, 6) is 0.531. The van der Waals surface area contributed by atoms with Crippen molar-refractivity contribution in [1.29, 1.82) is 0 Å². The van der Waals surface area contributed by atoms with Crippen molar-refractivity contribution in [2.45, 2.75) is 44.4 Å². The number of hydrogen-bond donors (Lipinski definition) is 1. The monoisotopic (exact) mass is 295 g/mol. The van der Waals surface area contributed by atoms with Crippen molar-refractivity contribution >= 4 is 9.84 Å². The normalized spacial score (nSPS) is 24.1. The highest BCUT2D eigenvalue weighted by molar-refractivity contribution is 7.92. The molecule has 1 aliphatic carbocycles. The summed E-state index contributed by atoms with van der Waals surface area (Å²) in [5, 5.41) is 2.93.